The third kappa shape index (κ3) is 4.54. The van der Waals surface area contributed by atoms with E-state index in [2.05, 4.69) is 9.88 Å². The maximum absolute atomic E-state index is 14.0. The van der Waals surface area contributed by atoms with Crippen molar-refractivity contribution < 1.29 is 13.9 Å². The summed E-state index contributed by atoms with van der Waals surface area (Å²) in [5, 5.41) is 7.85. The lowest BCUT2D eigenvalue weighted by atomic mass is 10.0. The van der Waals surface area contributed by atoms with Crippen LogP contribution in [0.4, 0.5) is 14.9 Å². The minimum atomic E-state index is -0.433. The molecule has 2 amide bonds. The molecule has 0 bridgehead atoms. The number of aryl methyl sites for hydroxylation is 1. The zero-order chi connectivity index (χ0) is 26.9. The summed E-state index contributed by atoms with van der Waals surface area (Å²) in [6.45, 7) is 4.76. The van der Waals surface area contributed by atoms with Gasteiger partial charge in [0.15, 0.2) is 0 Å². The van der Waals surface area contributed by atoms with Crippen molar-refractivity contribution in [3.8, 4) is 17.3 Å². The van der Waals surface area contributed by atoms with Crippen LogP contribution in [0.2, 0.25) is 0 Å². The molecular weight excluding hydrogens is 493 g/mol. The molecule has 1 N–H and O–H groups in total. The molecule has 39 heavy (non-hydrogen) atoms. The van der Waals surface area contributed by atoms with Crippen LogP contribution in [-0.4, -0.2) is 31.9 Å². The van der Waals surface area contributed by atoms with Gasteiger partial charge in [-0.05, 0) is 80.1 Å². The summed E-state index contributed by atoms with van der Waals surface area (Å²) >= 11 is 0. The number of benzene rings is 3. The maximum atomic E-state index is 14.0. The summed E-state index contributed by atoms with van der Waals surface area (Å²) in [5.74, 6) is 1.27. The van der Waals surface area contributed by atoms with Crippen LogP contribution in [0.3, 0.4) is 0 Å². The molecule has 0 spiro atoms. The van der Waals surface area contributed by atoms with Crippen molar-refractivity contribution in [3.63, 3.8) is 0 Å². The summed E-state index contributed by atoms with van der Waals surface area (Å²) in [6.07, 6.45) is 2.01. The lowest BCUT2D eigenvalue weighted by Gasteiger charge is -2.31. The Morgan fingerprint density at radius 1 is 1.03 bits per heavy atom. The summed E-state index contributed by atoms with van der Waals surface area (Å²) in [4.78, 5) is 15.8. The predicted octanol–water partition coefficient (Wildman–Crippen LogP) is 6.65. The highest BCUT2D eigenvalue weighted by atomic mass is 19.1. The van der Waals surface area contributed by atoms with Gasteiger partial charge in [-0.25, -0.2) is 13.9 Å². The third-order valence-corrected chi connectivity index (χ3v) is 6.93. The van der Waals surface area contributed by atoms with Gasteiger partial charge in [0, 0.05) is 17.4 Å². The molecule has 0 saturated heterocycles. The largest absolute Gasteiger partial charge is 0.494 e. The van der Waals surface area contributed by atoms with Crippen LogP contribution in [0.5, 0.6) is 5.75 Å². The first-order chi connectivity index (χ1) is 19.0. The van der Waals surface area contributed by atoms with Crippen LogP contribution in [0.25, 0.3) is 11.5 Å². The number of amides is 2. The van der Waals surface area contributed by atoms with Gasteiger partial charge in [-0.3, -0.25) is 0 Å². The standard InChI is InChI=1S/C31H28FN5O2/c1-3-39-26-12-7-9-22(19-26)29-28-13-8-18-35(28)30-27(21(2)34-37(30)25-10-5-4-6-11-25)20-36(29)31(38)33-24-16-14-23(32)15-17-24/h4-19,29H,3,20H2,1-2H3,(H,33,38). The minimum Gasteiger partial charge on any atom is -0.494 e. The van der Waals surface area contributed by atoms with E-state index in [1.54, 1.807) is 17.0 Å². The molecule has 5 aromatic rings. The van der Waals surface area contributed by atoms with Crippen LogP contribution < -0.4 is 10.1 Å². The van der Waals surface area contributed by atoms with Gasteiger partial charge in [0.1, 0.15) is 17.4 Å². The summed E-state index contributed by atoms with van der Waals surface area (Å²) < 4.78 is 23.4. The summed E-state index contributed by atoms with van der Waals surface area (Å²) in [7, 11) is 0. The molecule has 3 heterocycles. The predicted molar refractivity (Wildman–Crippen MR) is 148 cm³/mol. The van der Waals surface area contributed by atoms with Gasteiger partial charge < -0.3 is 19.5 Å². The van der Waals surface area contributed by atoms with Crippen LogP contribution in [0.1, 0.15) is 35.5 Å². The van der Waals surface area contributed by atoms with Crippen molar-refractivity contribution in [2.45, 2.75) is 26.4 Å². The first kappa shape index (κ1) is 24.5. The molecule has 1 atom stereocenters. The molecule has 0 radical (unpaired) electrons. The minimum absolute atomic E-state index is 0.305. The van der Waals surface area contributed by atoms with Crippen molar-refractivity contribution in [3.05, 3.63) is 126 Å². The number of nitrogens with zero attached hydrogens (tertiary/aromatic N) is 4. The molecule has 1 aliphatic rings. The van der Waals surface area contributed by atoms with E-state index in [1.807, 2.05) is 91.5 Å². The molecule has 196 valence electrons. The second kappa shape index (κ2) is 10.1. The van der Waals surface area contributed by atoms with Crippen molar-refractivity contribution in [1.82, 2.24) is 19.2 Å². The number of nitrogens with one attached hydrogen (secondary N) is 1. The fourth-order valence-corrected chi connectivity index (χ4v) is 5.17. The summed E-state index contributed by atoms with van der Waals surface area (Å²) in [6, 6.07) is 26.9. The van der Waals surface area contributed by atoms with Gasteiger partial charge in [-0.15, -0.1) is 0 Å². The average Bonchev–Trinajstić information content (AvgIpc) is 3.51. The number of rotatable bonds is 5. The number of aromatic nitrogens is 3. The Hall–Kier alpha value is -4.85. The number of para-hydroxylation sites is 1. The number of carbonyl (C=O) groups excluding carboxylic acids is 1. The van der Waals surface area contributed by atoms with E-state index in [0.717, 1.165) is 39.8 Å². The molecule has 3 aromatic carbocycles. The number of hydrogen-bond donors (Lipinski definition) is 1. The number of fused-ring (bicyclic) bond motifs is 3. The van der Waals surface area contributed by atoms with Crippen molar-refractivity contribution in [2.24, 2.45) is 0 Å². The number of carbonyl (C=O) groups is 1. The molecule has 0 saturated carbocycles. The highest BCUT2D eigenvalue weighted by Crippen LogP contribution is 2.39. The van der Waals surface area contributed by atoms with E-state index in [-0.39, 0.29) is 11.8 Å². The van der Waals surface area contributed by atoms with E-state index in [4.69, 9.17) is 9.84 Å². The van der Waals surface area contributed by atoms with Crippen molar-refractivity contribution in [2.75, 3.05) is 11.9 Å². The zero-order valence-corrected chi connectivity index (χ0v) is 21.7. The first-order valence-electron chi connectivity index (χ1n) is 12.9. The maximum Gasteiger partial charge on any atom is 0.322 e. The molecule has 0 aliphatic carbocycles. The molecule has 1 aliphatic heterocycles. The third-order valence-electron chi connectivity index (χ3n) is 6.93. The van der Waals surface area contributed by atoms with Crippen LogP contribution in [-0.2, 0) is 6.54 Å². The Kier molecular flexibility index (Phi) is 6.36. The Morgan fingerprint density at radius 2 is 1.82 bits per heavy atom. The topological polar surface area (TPSA) is 64.3 Å². The molecule has 8 heteroatoms. The highest BCUT2D eigenvalue weighted by molar-refractivity contribution is 5.90. The molecule has 6 rings (SSSR count). The number of halogens is 1. The monoisotopic (exact) mass is 521 g/mol. The smallest absolute Gasteiger partial charge is 0.322 e. The summed E-state index contributed by atoms with van der Waals surface area (Å²) in [5.41, 5.74) is 5.04. The fraction of sp³-hybridized carbons (Fsp3) is 0.161. The van der Waals surface area contributed by atoms with Gasteiger partial charge in [0.05, 0.1) is 36.3 Å². The quantitative estimate of drug-likeness (QED) is 0.282. The Bertz CT molecular complexity index is 1620. The lowest BCUT2D eigenvalue weighted by Crippen LogP contribution is -2.38. The van der Waals surface area contributed by atoms with Crippen LogP contribution >= 0.6 is 0 Å². The van der Waals surface area contributed by atoms with E-state index in [0.29, 0.717) is 18.8 Å². The van der Waals surface area contributed by atoms with Crippen molar-refractivity contribution in [1.29, 1.82) is 0 Å². The van der Waals surface area contributed by atoms with Crippen molar-refractivity contribution >= 4 is 11.7 Å². The highest BCUT2D eigenvalue weighted by Gasteiger charge is 2.36. The van der Waals surface area contributed by atoms with Gasteiger partial charge >= 0.3 is 6.03 Å². The van der Waals surface area contributed by atoms with E-state index in [9.17, 15) is 9.18 Å². The SMILES string of the molecule is CCOc1cccc(C2c3cccn3-c3c(c(C)nn3-c3ccccc3)CN2C(=O)Nc2ccc(F)cc2)c1. The first-order valence-corrected chi connectivity index (χ1v) is 12.9. The number of ether oxygens (including phenoxy) is 1. The molecule has 0 fully saturated rings. The molecular formula is C31H28FN5O2. The van der Waals surface area contributed by atoms with Gasteiger partial charge in [0.2, 0.25) is 0 Å². The van der Waals surface area contributed by atoms with Gasteiger partial charge in [0.25, 0.3) is 0 Å². The molecule has 7 nitrogen and oxygen atoms in total. The average molecular weight is 522 g/mol. The number of urea groups is 1. The zero-order valence-electron chi connectivity index (χ0n) is 21.7. The van der Waals surface area contributed by atoms with Gasteiger partial charge in [-0.2, -0.15) is 5.10 Å². The normalized spacial score (nSPS) is 14.3. The second-order valence-corrected chi connectivity index (χ2v) is 9.41. The number of anilines is 1. The van der Waals surface area contributed by atoms with E-state index >= 15 is 0 Å². The Morgan fingerprint density at radius 3 is 2.59 bits per heavy atom. The van der Waals surface area contributed by atoms with E-state index < -0.39 is 6.04 Å². The van der Waals surface area contributed by atoms with Gasteiger partial charge in [-0.1, -0.05) is 30.3 Å². The molecule has 2 aromatic heterocycles. The fourth-order valence-electron chi connectivity index (χ4n) is 5.17. The van der Waals surface area contributed by atoms with Crippen LogP contribution in [0.15, 0.2) is 97.2 Å². The van der Waals surface area contributed by atoms with Crippen LogP contribution in [0, 0.1) is 12.7 Å². The number of hydrogen-bond acceptors (Lipinski definition) is 3. The second-order valence-electron chi connectivity index (χ2n) is 9.41. The van der Waals surface area contributed by atoms with E-state index in [1.165, 1.54) is 12.1 Å². The Labute approximate surface area is 226 Å². The molecule has 1 unspecified atom stereocenters. The lowest BCUT2D eigenvalue weighted by molar-refractivity contribution is 0.194. The Balaban J connectivity index is 1.53.